The maximum Gasteiger partial charge on any atom is 0.339 e. The fraction of sp³-hybridized carbons (Fsp3) is 0.375. The Morgan fingerprint density at radius 1 is 0.935 bits per heavy atom. The Morgan fingerprint density at radius 3 is 2.32 bits per heavy atom. The largest absolute Gasteiger partial charge is 0.481 e. The molecule has 0 aromatic heterocycles. The maximum atomic E-state index is 12.9. The van der Waals surface area contributed by atoms with E-state index in [0.717, 1.165) is 19.3 Å². The predicted molar refractivity (Wildman–Crippen MR) is 116 cm³/mol. The summed E-state index contributed by atoms with van der Waals surface area (Å²) in [7, 11) is 2.50. The average molecular weight is 425 g/mol. The number of esters is 2. The molecule has 0 bridgehead atoms. The van der Waals surface area contributed by atoms with Crippen LogP contribution in [0.25, 0.3) is 0 Å². The zero-order valence-corrected chi connectivity index (χ0v) is 18.0. The van der Waals surface area contributed by atoms with E-state index in [1.165, 1.54) is 50.0 Å². The molecule has 7 heteroatoms. The molecule has 0 radical (unpaired) electrons. The third-order valence-electron chi connectivity index (χ3n) is 5.37. The van der Waals surface area contributed by atoms with Gasteiger partial charge in [0.15, 0.2) is 6.10 Å². The van der Waals surface area contributed by atoms with Crippen LogP contribution in [0.2, 0.25) is 0 Å². The number of nitrogens with one attached hydrogen (secondary N) is 1. The van der Waals surface area contributed by atoms with Gasteiger partial charge in [-0.15, -0.1) is 0 Å². The fourth-order valence-electron chi connectivity index (χ4n) is 3.66. The van der Waals surface area contributed by atoms with E-state index >= 15 is 0 Å². The molecule has 31 heavy (non-hydrogen) atoms. The third-order valence-corrected chi connectivity index (χ3v) is 5.37. The normalized spacial score (nSPS) is 13.5. The molecule has 2 aromatic carbocycles. The standard InChI is InChI=1S/C24H27NO6/c1-4-21(31-18-11-9-15-7-5-6-8-16(15)13-18)22(26)25-20-14-17(23(27)29-2)10-12-19(20)24(28)30-3/h9-14,21H,4-8H2,1-3H3,(H,25,26). The SMILES string of the molecule is CCC(Oc1ccc2c(c1)CCCC2)C(=O)Nc1cc(C(=O)OC)ccc1C(=O)OC. The van der Waals surface area contributed by atoms with Crippen LogP contribution in [0.3, 0.4) is 0 Å². The summed E-state index contributed by atoms with van der Waals surface area (Å²) < 4.78 is 15.5. The van der Waals surface area contributed by atoms with Crippen molar-refractivity contribution in [3.05, 3.63) is 58.7 Å². The monoisotopic (exact) mass is 425 g/mol. The lowest BCUT2D eigenvalue weighted by molar-refractivity contribution is -0.122. The van der Waals surface area contributed by atoms with Crippen molar-refractivity contribution in [3.63, 3.8) is 0 Å². The zero-order chi connectivity index (χ0) is 22.4. The van der Waals surface area contributed by atoms with E-state index in [1.54, 1.807) is 0 Å². The summed E-state index contributed by atoms with van der Waals surface area (Å²) in [6.45, 7) is 1.84. The first-order chi connectivity index (χ1) is 15.0. The number of anilines is 1. The van der Waals surface area contributed by atoms with Crippen LogP contribution in [0.5, 0.6) is 5.75 Å². The van der Waals surface area contributed by atoms with Crippen molar-refractivity contribution in [1.29, 1.82) is 0 Å². The second-order valence-corrected chi connectivity index (χ2v) is 7.39. The van der Waals surface area contributed by atoms with Crippen LogP contribution in [0.15, 0.2) is 36.4 Å². The molecule has 0 fully saturated rings. The Balaban J connectivity index is 1.81. The highest BCUT2D eigenvalue weighted by atomic mass is 16.5. The zero-order valence-electron chi connectivity index (χ0n) is 18.0. The molecule has 1 amide bonds. The molecular weight excluding hydrogens is 398 g/mol. The van der Waals surface area contributed by atoms with Gasteiger partial charge in [-0.2, -0.15) is 0 Å². The summed E-state index contributed by atoms with van der Waals surface area (Å²) in [6.07, 6.45) is 4.08. The van der Waals surface area contributed by atoms with Gasteiger partial charge in [-0.25, -0.2) is 9.59 Å². The Morgan fingerprint density at radius 2 is 1.65 bits per heavy atom. The smallest absolute Gasteiger partial charge is 0.339 e. The van der Waals surface area contributed by atoms with Gasteiger partial charge in [-0.1, -0.05) is 13.0 Å². The second-order valence-electron chi connectivity index (χ2n) is 7.39. The van der Waals surface area contributed by atoms with Gasteiger partial charge in [0.25, 0.3) is 5.91 Å². The van der Waals surface area contributed by atoms with E-state index < -0.39 is 23.9 Å². The number of hydrogen-bond acceptors (Lipinski definition) is 6. The number of ether oxygens (including phenoxy) is 3. The Labute approximate surface area is 181 Å². The number of hydrogen-bond donors (Lipinski definition) is 1. The molecule has 1 aliphatic rings. The molecular formula is C24H27NO6. The van der Waals surface area contributed by atoms with Crippen molar-refractivity contribution in [2.24, 2.45) is 0 Å². The van der Waals surface area contributed by atoms with Crippen molar-refractivity contribution >= 4 is 23.5 Å². The fourth-order valence-corrected chi connectivity index (χ4v) is 3.66. The first-order valence-electron chi connectivity index (χ1n) is 10.4. The molecule has 1 atom stereocenters. The van der Waals surface area contributed by atoms with E-state index in [4.69, 9.17) is 14.2 Å². The molecule has 164 valence electrons. The summed E-state index contributed by atoms with van der Waals surface area (Å²) in [5.41, 5.74) is 3.09. The van der Waals surface area contributed by atoms with E-state index in [-0.39, 0.29) is 16.8 Å². The van der Waals surface area contributed by atoms with E-state index in [9.17, 15) is 14.4 Å². The molecule has 0 spiro atoms. The lowest BCUT2D eigenvalue weighted by Crippen LogP contribution is -2.33. The maximum absolute atomic E-state index is 12.9. The number of methoxy groups -OCH3 is 2. The first kappa shape index (κ1) is 22.3. The number of carbonyl (C=O) groups is 3. The summed E-state index contributed by atoms with van der Waals surface area (Å²) in [4.78, 5) is 36.9. The van der Waals surface area contributed by atoms with Crippen LogP contribution >= 0.6 is 0 Å². The van der Waals surface area contributed by atoms with Gasteiger partial charge in [-0.3, -0.25) is 4.79 Å². The van der Waals surface area contributed by atoms with Gasteiger partial charge < -0.3 is 19.5 Å². The molecule has 2 aromatic rings. The van der Waals surface area contributed by atoms with Crippen molar-refractivity contribution < 1.29 is 28.6 Å². The van der Waals surface area contributed by atoms with Gasteiger partial charge in [0.1, 0.15) is 5.75 Å². The number of fused-ring (bicyclic) bond motifs is 1. The summed E-state index contributed by atoms with van der Waals surface area (Å²) in [5.74, 6) is -0.994. The molecule has 0 saturated heterocycles. The number of amides is 1. The molecule has 1 N–H and O–H groups in total. The van der Waals surface area contributed by atoms with Gasteiger partial charge in [0.05, 0.1) is 31.0 Å². The molecule has 0 heterocycles. The van der Waals surface area contributed by atoms with Crippen molar-refractivity contribution in [3.8, 4) is 5.75 Å². The molecule has 3 rings (SSSR count). The van der Waals surface area contributed by atoms with E-state index in [0.29, 0.717) is 12.2 Å². The van der Waals surface area contributed by atoms with Gasteiger partial charge in [-0.05, 0) is 73.6 Å². The Bertz CT molecular complexity index is 984. The minimum atomic E-state index is -0.770. The topological polar surface area (TPSA) is 90.9 Å². The van der Waals surface area contributed by atoms with Crippen molar-refractivity contribution in [2.45, 2.75) is 45.1 Å². The summed E-state index contributed by atoms with van der Waals surface area (Å²) in [6, 6.07) is 10.2. The highest BCUT2D eigenvalue weighted by molar-refractivity contribution is 6.04. The number of benzene rings is 2. The van der Waals surface area contributed by atoms with Crippen LogP contribution in [0, 0.1) is 0 Å². The van der Waals surface area contributed by atoms with Crippen LogP contribution in [-0.4, -0.2) is 38.2 Å². The lowest BCUT2D eigenvalue weighted by atomic mass is 9.92. The first-order valence-corrected chi connectivity index (χ1v) is 10.4. The van der Waals surface area contributed by atoms with Crippen LogP contribution in [0.4, 0.5) is 5.69 Å². The minimum absolute atomic E-state index is 0.132. The van der Waals surface area contributed by atoms with Gasteiger partial charge in [0.2, 0.25) is 0 Å². The van der Waals surface area contributed by atoms with Crippen molar-refractivity contribution in [2.75, 3.05) is 19.5 Å². The van der Waals surface area contributed by atoms with E-state index in [1.807, 2.05) is 19.1 Å². The molecule has 0 saturated carbocycles. The predicted octanol–water partition coefficient (Wildman–Crippen LogP) is 3.93. The number of aryl methyl sites for hydroxylation is 2. The van der Waals surface area contributed by atoms with E-state index in [2.05, 4.69) is 11.4 Å². The highest BCUT2D eigenvalue weighted by Crippen LogP contribution is 2.27. The van der Waals surface area contributed by atoms with Gasteiger partial charge >= 0.3 is 11.9 Å². The Kier molecular flexibility index (Phi) is 7.28. The second kappa shape index (κ2) is 10.1. The average Bonchev–Trinajstić information content (AvgIpc) is 2.81. The molecule has 0 aliphatic heterocycles. The third kappa shape index (κ3) is 5.23. The highest BCUT2D eigenvalue weighted by Gasteiger charge is 2.23. The van der Waals surface area contributed by atoms with Crippen LogP contribution < -0.4 is 10.1 Å². The number of carbonyl (C=O) groups excluding carboxylic acids is 3. The summed E-state index contributed by atoms with van der Waals surface area (Å²) >= 11 is 0. The van der Waals surface area contributed by atoms with Crippen LogP contribution in [-0.2, 0) is 27.1 Å². The summed E-state index contributed by atoms with van der Waals surface area (Å²) in [5, 5.41) is 2.71. The molecule has 1 aliphatic carbocycles. The lowest BCUT2D eigenvalue weighted by Gasteiger charge is -2.21. The molecule has 7 nitrogen and oxygen atoms in total. The minimum Gasteiger partial charge on any atom is -0.481 e. The van der Waals surface area contributed by atoms with Crippen molar-refractivity contribution in [1.82, 2.24) is 0 Å². The molecule has 1 unspecified atom stereocenters. The van der Waals surface area contributed by atoms with Crippen LogP contribution in [0.1, 0.15) is 58.0 Å². The van der Waals surface area contributed by atoms with Gasteiger partial charge in [0, 0.05) is 0 Å². The number of rotatable bonds is 7. The Hall–Kier alpha value is -3.35. The quantitative estimate of drug-likeness (QED) is 0.676.